The highest BCUT2D eigenvalue weighted by Gasteiger charge is 2.22. The van der Waals surface area contributed by atoms with E-state index < -0.39 is 11.2 Å². The lowest BCUT2D eigenvalue weighted by Gasteiger charge is -2.14. The largest absolute Gasteiger partial charge is 0.334 e. The molecule has 11 heteroatoms. The molecule has 0 amide bonds. The van der Waals surface area contributed by atoms with Crippen molar-refractivity contribution < 1.29 is 4.52 Å². The minimum absolute atomic E-state index is 0.0451. The van der Waals surface area contributed by atoms with Crippen LogP contribution in [0.2, 0.25) is 0 Å². The van der Waals surface area contributed by atoms with Gasteiger partial charge < -0.3 is 4.52 Å². The van der Waals surface area contributed by atoms with Crippen LogP contribution < -0.4 is 11.2 Å². The van der Waals surface area contributed by atoms with Crippen LogP contribution in [0.1, 0.15) is 39.3 Å². The lowest BCUT2D eigenvalue weighted by molar-refractivity contribution is 0.432. The average Bonchev–Trinajstić information content (AvgIpc) is 3.42. The SMILES string of the molecule is CC(C)Cn1c(=O)[nH]c(=O)c2c(-c3nc(-c4cnc5cnccn45)no3)cc(C(C)C)nc21. The quantitative estimate of drug-likeness (QED) is 0.435. The van der Waals surface area contributed by atoms with Crippen molar-refractivity contribution >= 4 is 16.7 Å². The number of aromatic nitrogens is 8. The van der Waals surface area contributed by atoms with Gasteiger partial charge in [0.25, 0.3) is 11.4 Å². The Morgan fingerprint density at radius 2 is 1.94 bits per heavy atom. The van der Waals surface area contributed by atoms with Gasteiger partial charge in [-0.05, 0) is 17.9 Å². The molecule has 0 bridgehead atoms. The number of fused-ring (bicyclic) bond motifs is 2. The molecule has 11 nitrogen and oxygen atoms in total. The summed E-state index contributed by atoms with van der Waals surface area (Å²) in [5.41, 5.74) is 1.66. The Balaban J connectivity index is 1.76. The molecule has 5 aromatic rings. The summed E-state index contributed by atoms with van der Waals surface area (Å²) in [5, 5.41) is 4.35. The molecule has 0 aliphatic heterocycles. The first-order chi connectivity index (χ1) is 15.8. The van der Waals surface area contributed by atoms with E-state index in [4.69, 9.17) is 4.52 Å². The van der Waals surface area contributed by atoms with Gasteiger partial charge >= 0.3 is 5.69 Å². The zero-order chi connectivity index (χ0) is 23.3. The zero-order valence-corrected chi connectivity index (χ0v) is 18.6. The fourth-order valence-corrected chi connectivity index (χ4v) is 3.74. The summed E-state index contributed by atoms with van der Waals surface area (Å²) in [6, 6.07) is 1.77. The van der Waals surface area contributed by atoms with Crippen LogP contribution in [0.15, 0.2) is 45.0 Å². The van der Waals surface area contributed by atoms with E-state index in [2.05, 4.69) is 30.1 Å². The molecule has 5 aromatic heterocycles. The molecule has 33 heavy (non-hydrogen) atoms. The molecule has 0 saturated carbocycles. The summed E-state index contributed by atoms with van der Waals surface area (Å²) >= 11 is 0. The van der Waals surface area contributed by atoms with E-state index in [0.717, 1.165) is 0 Å². The molecule has 0 aliphatic carbocycles. The van der Waals surface area contributed by atoms with E-state index in [1.165, 1.54) is 4.57 Å². The first-order valence-electron chi connectivity index (χ1n) is 10.6. The number of hydrogen-bond donors (Lipinski definition) is 1. The van der Waals surface area contributed by atoms with Crippen molar-refractivity contribution in [1.29, 1.82) is 0 Å². The monoisotopic (exact) mass is 446 g/mol. The van der Waals surface area contributed by atoms with Crippen LogP contribution in [0.4, 0.5) is 0 Å². The Bertz CT molecular complexity index is 1610. The van der Waals surface area contributed by atoms with Gasteiger partial charge in [-0.25, -0.2) is 14.8 Å². The van der Waals surface area contributed by atoms with Gasteiger partial charge in [0.15, 0.2) is 11.3 Å². The van der Waals surface area contributed by atoms with Crippen molar-refractivity contribution in [2.45, 2.75) is 40.2 Å². The molecular weight excluding hydrogens is 424 g/mol. The Morgan fingerprint density at radius 3 is 2.70 bits per heavy atom. The smallest absolute Gasteiger partial charge is 0.330 e. The maximum atomic E-state index is 12.9. The molecule has 5 heterocycles. The molecule has 0 spiro atoms. The van der Waals surface area contributed by atoms with Crippen molar-refractivity contribution in [2.75, 3.05) is 0 Å². The summed E-state index contributed by atoms with van der Waals surface area (Å²) < 4.78 is 8.87. The Morgan fingerprint density at radius 1 is 1.12 bits per heavy atom. The molecule has 0 fully saturated rings. The standard InChI is InChI=1S/C22H22N8O3/c1-11(2)10-30-19-17(20(31)27-22(30)32)13(7-14(25-19)12(3)4)21-26-18(28-33-21)15-8-24-16-9-23-5-6-29(15)16/h5-9,11-12H,10H2,1-4H3,(H,27,31,32). The average molecular weight is 446 g/mol. The highest BCUT2D eigenvalue weighted by atomic mass is 16.5. The first kappa shape index (κ1) is 20.7. The van der Waals surface area contributed by atoms with Crippen LogP contribution in [-0.4, -0.2) is 39.0 Å². The molecule has 5 rings (SSSR count). The molecule has 0 saturated heterocycles. The Hall–Kier alpha value is -4.15. The number of H-pyrrole nitrogens is 1. The minimum atomic E-state index is -0.548. The molecule has 168 valence electrons. The Kier molecular flexibility index (Phi) is 4.88. The molecule has 0 radical (unpaired) electrons. The predicted molar refractivity (Wildman–Crippen MR) is 121 cm³/mol. The van der Waals surface area contributed by atoms with Crippen LogP contribution in [0.3, 0.4) is 0 Å². The van der Waals surface area contributed by atoms with E-state index in [-0.39, 0.29) is 23.1 Å². The third-order valence-electron chi connectivity index (χ3n) is 5.31. The minimum Gasteiger partial charge on any atom is -0.334 e. The lowest BCUT2D eigenvalue weighted by Crippen LogP contribution is -2.32. The number of pyridine rings is 1. The summed E-state index contributed by atoms with van der Waals surface area (Å²) in [6.45, 7) is 8.37. The van der Waals surface area contributed by atoms with Crippen molar-refractivity contribution in [1.82, 2.24) is 39.0 Å². The predicted octanol–water partition coefficient (Wildman–Crippen LogP) is 2.62. The van der Waals surface area contributed by atoms with E-state index >= 15 is 0 Å². The molecule has 0 aromatic carbocycles. The van der Waals surface area contributed by atoms with Gasteiger partial charge in [0.2, 0.25) is 5.82 Å². The highest BCUT2D eigenvalue weighted by Crippen LogP contribution is 2.29. The third kappa shape index (κ3) is 3.51. The van der Waals surface area contributed by atoms with E-state index in [1.54, 1.807) is 35.3 Å². The third-order valence-corrected chi connectivity index (χ3v) is 5.31. The molecule has 0 atom stereocenters. The van der Waals surface area contributed by atoms with Gasteiger partial charge in [-0.3, -0.25) is 23.7 Å². The molecular formula is C22H22N8O3. The van der Waals surface area contributed by atoms with E-state index in [9.17, 15) is 9.59 Å². The van der Waals surface area contributed by atoms with E-state index in [0.29, 0.717) is 40.6 Å². The van der Waals surface area contributed by atoms with Crippen LogP contribution in [0.25, 0.3) is 39.7 Å². The van der Waals surface area contributed by atoms with Crippen molar-refractivity contribution in [3.05, 3.63) is 57.4 Å². The number of nitrogens with one attached hydrogen (secondary N) is 1. The fourth-order valence-electron chi connectivity index (χ4n) is 3.74. The summed E-state index contributed by atoms with van der Waals surface area (Å²) in [7, 11) is 0. The second kappa shape index (κ2) is 7.76. The first-order valence-corrected chi connectivity index (χ1v) is 10.6. The van der Waals surface area contributed by atoms with Crippen LogP contribution >= 0.6 is 0 Å². The topological polar surface area (TPSA) is 137 Å². The Labute approximate surface area is 187 Å². The van der Waals surface area contributed by atoms with Gasteiger partial charge in [-0.15, -0.1) is 0 Å². The van der Waals surface area contributed by atoms with Gasteiger partial charge in [0.1, 0.15) is 5.69 Å². The number of hydrogen-bond acceptors (Lipinski definition) is 8. The normalized spacial score (nSPS) is 11.9. The zero-order valence-electron chi connectivity index (χ0n) is 18.6. The van der Waals surface area contributed by atoms with Crippen LogP contribution in [-0.2, 0) is 6.54 Å². The number of aromatic amines is 1. The van der Waals surface area contributed by atoms with Crippen molar-refractivity contribution in [2.24, 2.45) is 5.92 Å². The van der Waals surface area contributed by atoms with Gasteiger partial charge in [0.05, 0.1) is 23.3 Å². The van der Waals surface area contributed by atoms with Crippen LogP contribution in [0, 0.1) is 5.92 Å². The van der Waals surface area contributed by atoms with Crippen molar-refractivity contribution in [3.63, 3.8) is 0 Å². The summed E-state index contributed by atoms with van der Waals surface area (Å²) in [6.07, 6.45) is 6.64. The van der Waals surface area contributed by atoms with Gasteiger partial charge in [0, 0.05) is 24.6 Å². The maximum absolute atomic E-state index is 12.9. The molecule has 0 unspecified atom stereocenters. The fraction of sp³-hybridized carbons (Fsp3) is 0.318. The number of imidazole rings is 1. The summed E-state index contributed by atoms with van der Waals surface area (Å²) in [5.74, 6) is 0.684. The highest BCUT2D eigenvalue weighted by molar-refractivity contribution is 5.90. The van der Waals surface area contributed by atoms with Crippen molar-refractivity contribution in [3.8, 4) is 23.0 Å². The number of nitrogens with zero attached hydrogens (tertiary/aromatic N) is 7. The molecule has 0 aliphatic rings. The lowest BCUT2D eigenvalue weighted by atomic mass is 10.0. The summed E-state index contributed by atoms with van der Waals surface area (Å²) in [4.78, 5) is 45.5. The second-order valence-corrected chi connectivity index (χ2v) is 8.58. The number of rotatable bonds is 5. The molecule has 1 N–H and O–H groups in total. The van der Waals surface area contributed by atoms with Gasteiger partial charge in [-0.1, -0.05) is 32.9 Å². The second-order valence-electron chi connectivity index (χ2n) is 8.58. The van der Waals surface area contributed by atoms with Gasteiger partial charge in [-0.2, -0.15) is 4.98 Å². The maximum Gasteiger partial charge on any atom is 0.330 e. The van der Waals surface area contributed by atoms with E-state index in [1.807, 2.05) is 27.7 Å². The van der Waals surface area contributed by atoms with Crippen LogP contribution in [0.5, 0.6) is 0 Å².